The van der Waals surface area contributed by atoms with E-state index in [0.29, 0.717) is 0 Å². The molecule has 0 atom stereocenters. The summed E-state index contributed by atoms with van der Waals surface area (Å²) in [5.74, 6) is -0.338. The number of benzene rings is 3. The van der Waals surface area contributed by atoms with Crippen LogP contribution >= 0.6 is 11.3 Å². The fourth-order valence-corrected chi connectivity index (χ4v) is 4.50. The first kappa shape index (κ1) is 18.7. The number of halogens is 1. The van der Waals surface area contributed by atoms with Gasteiger partial charge >= 0.3 is 0 Å². The van der Waals surface area contributed by atoms with Crippen molar-refractivity contribution in [3.05, 3.63) is 95.6 Å². The third-order valence-electron chi connectivity index (χ3n) is 5.52. The number of aromatic nitrogens is 1. The Morgan fingerprint density at radius 2 is 1.67 bits per heavy atom. The Bertz CT molecular complexity index is 1200. The molecule has 1 aromatic heterocycles. The number of hydrogen-bond acceptors (Lipinski definition) is 3. The summed E-state index contributed by atoms with van der Waals surface area (Å²) in [5, 5.41) is 6.05. The maximum atomic E-state index is 13.3. The van der Waals surface area contributed by atoms with Gasteiger partial charge in [0.1, 0.15) is 10.8 Å². The minimum absolute atomic E-state index is 0.0467. The van der Waals surface area contributed by atoms with Gasteiger partial charge in [0.15, 0.2) is 0 Å². The van der Waals surface area contributed by atoms with Crippen molar-refractivity contribution in [3.8, 4) is 21.8 Å². The van der Waals surface area contributed by atoms with Crippen LogP contribution in [-0.4, -0.2) is 10.9 Å². The molecule has 0 aliphatic heterocycles. The topological polar surface area (TPSA) is 42.0 Å². The first-order valence-corrected chi connectivity index (χ1v) is 10.7. The summed E-state index contributed by atoms with van der Waals surface area (Å²) in [5.41, 5.74) is 3.98. The van der Waals surface area contributed by atoms with Crippen molar-refractivity contribution in [1.29, 1.82) is 0 Å². The molecule has 0 radical (unpaired) electrons. The molecule has 30 heavy (non-hydrogen) atoms. The summed E-state index contributed by atoms with van der Waals surface area (Å²) >= 11 is 1.60. The second-order valence-electron chi connectivity index (χ2n) is 7.53. The van der Waals surface area contributed by atoms with Gasteiger partial charge in [-0.2, -0.15) is 0 Å². The highest BCUT2D eigenvalue weighted by Gasteiger charge is 2.51. The second kappa shape index (κ2) is 7.50. The van der Waals surface area contributed by atoms with E-state index in [2.05, 4.69) is 5.32 Å². The van der Waals surface area contributed by atoms with Crippen LogP contribution < -0.4 is 5.32 Å². The average Bonchev–Trinajstić information content (AvgIpc) is 3.44. The second-order valence-corrected chi connectivity index (χ2v) is 8.39. The Labute approximate surface area is 178 Å². The minimum atomic E-state index is -0.551. The number of carbonyl (C=O) groups excluding carboxylic acids is 1. The predicted octanol–water partition coefficient (Wildman–Crippen LogP) is 6.29. The number of rotatable bonds is 5. The summed E-state index contributed by atoms with van der Waals surface area (Å²) in [6, 6.07) is 24.1. The molecule has 0 unspecified atom stereocenters. The molecule has 1 amide bonds. The van der Waals surface area contributed by atoms with Gasteiger partial charge < -0.3 is 5.32 Å². The molecule has 1 aliphatic rings. The van der Waals surface area contributed by atoms with Gasteiger partial charge in [0.25, 0.3) is 0 Å². The smallest absolute Gasteiger partial charge is 0.235 e. The SMILES string of the molecule is O=C(Nc1cccc(-c2csc(-c3ccccc3)n2)c1)C1(c2ccc(F)cc2)CC1. The van der Waals surface area contributed by atoms with E-state index < -0.39 is 5.41 Å². The molecular weight excluding hydrogens is 395 g/mol. The van der Waals surface area contributed by atoms with Gasteiger partial charge in [-0.15, -0.1) is 11.3 Å². The number of nitrogens with zero attached hydrogens (tertiary/aromatic N) is 1. The lowest BCUT2D eigenvalue weighted by atomic mass is 9.95. The molecule has 1 heterocycles. The molecule has 148 valence electrons. The highest BCUT2D eigenvalue weighted by Crippen LogP contribution is 2.49. The van der Waals surface area contributed by atoms with Crippen LogP contribution in [0.2, 0.25) is 0 Å². The van der Waals surface area contributed by atoms with Crippen LogP contribution in [0.4, 0.5) is 10.1 Å². The fraction of sp³-hybridized carbons (Fsp3) is 0.120. The lowest BCUT2D eigenvalue weighted by Gasteiger charge is -2.16. The fourth-order valence-electron chi connectivity index (χ4n) is 3.67. The zero-order chi connectivity index (χ0) is 20.6. The highest BCUT2D eigenvalue weighted by molar-refractivity contribution is 7.13. The van der Waals surface area contributed by atoms with E-state index in [1.807, 2.05) is 60.0 Å². The van der Waals surface area contributed by atoms with Gasteiger partial charge in [0, 0.05) is 22.2 Å². The molecule has 4 aromatic rings. The van der Waals surface area contributed by atoms with E-state index in [9.17, 15) is 9.18 Å². The van der Waals surface area contributed by atoms with E-state index in [0.717, 1.165) is 45.9 Å². The quantitative estimate of drug-likeness (QED) is 0.417. The Hall–Kier alpha value is -3.31. The lowest BCUT2D eigenvalue weighted by molar-refractivity contribution is -0.118. The van der Waals surface area contributed by atoms with E-state index in [4.69, 9.17) is 4.98 Å². The average molecular weight is 415 g/mol. The summed E-state index contributed by atoms with van der Waals surface area (Å²) in [6.45, 7) is 0. The van der Waals surface area contributed by atoms with Crippen molar-refractivity contribution < 1.29 is 9.18 Å². The Morgan fingerprint density at radius 1 is 0.933 bits per heavy atom. The molecule has 5 rings (SSSR count). The maximum absolute atomic E-state index is 13.3. The molecule has 1 N–H and O–H groups in total. The Morgan fingerprint density at radius 3 is 2.40 bits per heavy atom. The molecule has 1 aliphatic carbocycles. The van der Waals surface area contributed by atoms with Crippen molar-refractivity contribution >= 4 is 22.9 Å². The van der Waals surface area contributed by atoms with Crippen LogP contribution in [0.1, 0.15) is 18.4 Å². The zero-order valence-corrected chi connectivity index (χ0v) is 17.0. The zero-order valence-electron chi connectivity index (χ0n) is 16.1. The summed E-state index contributed by atoms with van der Waals surface area (Å²) in [6.07, 6.45) is 1.55. The third-order valence-corrected chi connectivity index (χ3v) is 6.41. The number of anilines is 1. The summed E-state index contributed by atoms with van der Waals surface area (Å²) in [7, 11) is 0. The van der Waals surface area contributed by atoms with Crippen molar-refractivity contribution in [1.82, 2.24) is 4.98 Å². The number of hydrogen-bond donors (Lipinski definition) is 1. The summed E-state index contributed by atoms with van der Waals surface area (Å²) in [4.78, 5) is 17.8. The van der Waals surface area contributed by atoms with E-state index >= 15 is 0 Å². The molecular formula is C25H19FN2OS. The van der Waals surface area contributed by atoms with Crippen molar-refractivity contribution in [2.45, 2.75) is 18.3 Å². The van der Waals surface area contributed by atoms with Crippen LogP contribution in [0.3, 0.4) is 0 Å². The van der Waals surface area contributed by atoms with Crippen molar-refractivity contribution in [2.75, 3.05) is 5.32 Å². The first-order valence-electron chi connectivity index (χ1n) is 9.83. The van der Waals surface area contributed by atoms with Crippen LogP contribution in [0.15, 0.2) is 84.2 Å². The largest absolute Gasteiger partial charge is 0.325 e. The number of nitrogens with one attached hydrogen (secondary N) is 1. The monoisotopic (exact) mass is 414 g/mol. The van der Waals surface area contributed by atoms with Gasteiger partial charge in [-0.05, 0) is 42.7 Å². The van der Waals surface area contributed by atoms with E-state index in [1.165, 1.54) is 12.1 Å². The minimum Gasteiger partial charge on any atom is -0.325 e. The van der Waals surface area contributed by atoms with Gasteiger partial charge in [-0.25, -0.2) is 9.37 Å². The van der Waals surface area contributed by atoms with Crippen LogP contribution in [0.5, 0.6) is 0 Å². The van der Waals surface area contributed by atoms with Crippen LogP contribution in [-0.2, 0) is 10.2 Å². The molecule has 1 saturated carbocycles. The van der Waals surface area contributed by atoms with E-state index in [-0.39, 0.29) is 11.7 Å². The van der Waals surface area contributed by atoms with Gasteiger partial charge in [0.2, 0.25) is 5.91 Å². The van der Waals surface area contributed by atoms with Crippen molar-refractivity contribution in [3.63, 3.8) is 0 Å². The lowest BCUT2D eigenvalue weighted by Crippen LogP contribution is -2.27. The summed E-state index contributed by atoms with van der Waals surface area (Å²) < 4.78 is 13.3. The van der Waals surface area contributed by atoms with Crippen LogP contribution in [0, 0.1) is 5.82 Å². The molecule has 0 saturated heterocycles. The van der Waals surface area contributed by atoms with Gasteiger partial charge in [-0.1, -0.05) is 54.6 Å². The predicted molar refractivity (Wildman–Crippen MR) is 119 cm³/mol. The highest BCUT2D eigenvalue weighted by atomic mass is 32.1. The van der Waals surface area contributed by atoms with Gasteiger partial charge in [-0.3, -0.25) is 4.79 Å². The normalized spacial score (nSPS) is 14.3. The molecule has 0 spiro atoms. The van der Waals surface area contributed by atoms with Gasteiger partial charge in [0.05, 0.1) is 11.1 Å². The Kier molecular flexibility index (Phi) is 4.68. The van der Waals surface area contributed by atoms with Crippen molar-refractivity contribution in [2.24, 2.45) is 0 Å². The number of carbonyl (C=O) groups is 1. The maximum Gasteiger partial charge on any atom is 0.235 e. The number of amides is 1. The van der Waals surface area contributed by atoms with Crippen LogP contribution in [0.25, 0.3) is 21.8 Å². The number of thiazole rings is 1. The molecule has 0 bridgehead atoms. The standard InChI is InChI=1S/C25H19FN2OS/c26-20-11-9-19(10-12-20)25(13-14-25)24(29)27-21-8-4-7-18(15-21)22-16-30-23(28-22)17-5-2-1-3-6-17/h1-12,15-16H,13-14H2,(H,27,29). The molecule has 1 fully saturated rings. The molecule has 5 heteroatoms. The molecule has 3 aromatic carbocycles. The molecule has 3 nitrogen and oxygen atoms in total. The van der Waals surface area contributed by atoms with E-state index in [1.54, 1.807) is 23.5 Å². The Balaban J connectivity index is 1.36. The third kappa shape index (κ3) is 3.53. The first-order chi connectivity index (χ1) is 14.6.